The Morgan fingerprint density at radius 1 is 0.850 bits per heavy atom. The van der Waals surface area contributed by atoms with Gasteiger partial charge in [-0.15, -0.1) is 0 Å². The summed E-state index contributed by atoms with van der Waals surface area (Å²) in [5, 5.41) is 0. The third kappa shape index (κ3) is 2.38. The predicted molar refractivity (Wildman–Crippen MR) is 80.0 cm³/mol. The summed E-state index contributed by atoms with van der Waals surface area (Å²) in [6, 6.07) is 6.63. The number of halogens is 1. The number of hydrogen-bond acceptors (Lipinski definition) is 1. The van der Waals surface area contributed by atoms with Crippen molar-refractivity contribution in [1.82, 2.24) is 0 Å². The molecule has 0 N–H and O–H groups in total. The van der Waals surface area contributed by atoms with Gasteiger partial charge in [-0.1, -0.05) is 6.07 Å². The van der Waals surface area contributed by atoms with Crippen LogP contribution >= 0.6 is 0 Å². The molecule has 0 saturated heterocycles. The van der Waals surface area contributed by atoms with Crippen LogP contribution in [0.15, 0.2) is 24.3 Å². The molecule has 0 fully saturated rings. The molecule has 2 heteroatoms. The third-order valence-corrected chi connectivity index (χ3v) is 4.01. The molecule has 0 bridgehead atoms. The van der Waals surface area contributed by atoms with Crippen LogP contribution in [0.25, 0.3) is 0 Å². The summed E-state index contributed by atoms with van der Waals surface area (Å²) in [4.78, 5) is 12.7. The quantitative estimate of drug-likeness (QED) is 0.729. The largest absolute Gasteiger partial charge is 0.289 e. The molecule has 0 saturated carbocycles. The van der Waals surface area contributed by atoms with Crippen LogP contribution in [0.3, 0.4) is 0 Å². The zero-order valence-electron chi connectivity index (χ0n) is 12.6. The third-order valence-electron chi connectivity index (χ3n) is 4.01. The number of carbonyl (C=O) groups is 1. The van der Waals surface area contributed by atoms with E-state index < -0.39 is 0 Å². The summed E-state index contributed by atoms with van der Waals surface area (Å²) in [7, 11) is 0. The first-order valence-corrected chi connectivity index (χ1v) is 6.71. The second-order valence-electron chi connectivity index (χ2n) is 5.43. The lowest BCUT2D eigenvalue weighted by Gasteiger charge is -2.14. The monoisotopic (exact) mass is 270 g/mol. The molecule has 0 heterocycles. The Morgan fingerprint density at radius 2 is 1.40 bits per heavy atom. The van der Waals surface area contributed by atoms with Gasteiger partial charge in [0.2, 0.25) is 0 Å². The first-order valence-electron chi connectivity index (χ1n) is 6.71. The Kier molecular flexibility index (Phi) is 3.76. The molecular weight excluding hydrogens is 251 g/mol. The topological polar surface area (TPSA) is 17.1 Å². The highest BCUT2D eigenvalue weighted by atomic mass is 19.1. The van der Waals surface area contributed by atoms with Gasteiger partial charge < -0.3 is 0 Å². The van der Waals surface area contributed by atoms with Crippen molar-refractivity contribution in [3.63, 3.8) is 0 Å². The molecule has 0 aliphatic carbocycles. The second kappa shape index (κ2) is 5.20. The molecule has 0 spiro atoms. The van der Waals surface area contributed by atoms with Gasteiger partial charge >= 0.3 is 0 Å². The van der Waals surface area contributed by atoms with Gasteiger partial charge in [-0.25, -0.2) is 4.39 Å². The maximum absolute atomic E-state index is 13.3. The van der Waals surface area contributed by atoms with Crippen LogP contribution < -0.4 is 0 Å². The van der Waals surface area contributed by atoms with E-state index in [0.29, 0.717) is 11.1 Å². The van der Waals surface area contributed by atoms with E-state index in [1.807, 2.05) is 27.7 Å². The highest BCUT2D eigenvalue weighted by Crippen LogP contribution is 2.25. The summed E-state index contributed by atoms with van der Waals surface area (Å²) >= 11 is 0. The van der Waals surface area contributed by atoms with Crippen molar-refractivity contribution in [2.24, 2.45) is 0 Å². The Bertz CT molecular complexity index is 673. The Labute approximate surface area is 119 Å². The van der Waals surface area contributed by atoms with E-state index in [2.05, 4.69) is 6.07 Å². The molecule has 2 rings (SSSR count). The Morgan fingerprint density at radius 3 is 1.90 bits per heavy atom. The van der Waals surface area contributed by atoms with Crippen LogP contribution in [0.1, 0.15) is 43.7 Å². The zero-order chi connectivity index (χ0) is 15.0. The summed E-state index contributed by atoms with van der Waals surface area (Å²) in [5.74, 6) is -0.315. The van der Waals surface area contributed by atoms with Gasteiger partial charge in [0.1, 0.15) is 5.82 Å². The number of ketones is 1. The van der Waals surface area contributed by atoms with Gasteiger partial charge in [-0.2, -0.15) is 0 Å². The first kappa shape index (κ1) is 14.4. The fraction of sp³-hybridized carbons (Fsp3) is 0.278. The zero-order valence-corrected chi connectivity index (χ0v) is 12.6. The van der Waals surface area contributed by atoms with Crippen molar-refractivity contribution in [3.8, 4) is 0 Å². The lowest BCUT2D eigenvalue weighted by Crippen LogP contribution is -2.09. The fourth-order valence-corrected chi connectivity index (χ4v) is 2.49. The van der Waals surface area contributed by atoms with Crippen molar-refractivity contribution >= 4 is 5.78 Å². The first-order chi connectivity index (χ1) is 9.32. The van der Waals surface area contributed by atoms with Crippen LogP contribution in [0.2, 0.25) is 0 Å². The number of rotatable bonds is 2. The SMILES string of the molecule is Cc1cc(C(=O)c2c(C)c(C)cc(C)c2C)ccc1F. The average molecular weight is 270 g/mol. The Balaban J connectivity index is 2.62. The number of hydrogen-bond donors (Lipinski definition) is 0. The molecule has 20 heavy (non-hydrogen) atoms. The fourth-order valence-electron chi connectivity index (χ4n) is 2.49. The predicted octanol–water partition coefficient (Wildman–Crippen LogP) is 4.60. The Hall–Kier alpha value is -1.96. The van der Waals surface area contributed by atoms with Crippen LogP contribution in [-0.4, -0.2) is 5.78 Å². The van der Waals surface area contributed by atoms with Crippen molar-refractivity contribution in [1.29, 1.82) is 0 Å². The molecule has 104 valence electrons. The lowest BCUT2D eigenvalue weighted by molar-refractivity contribution is 0.103. The molecule has 0 unspecified atom stereocenters. The molecule has 0 aromatic heterocycles. The molecule has 0 aliphatic rings. The molecule has 2 aromatic carbocycles. The van der Waals surface area contributed by atoms with Gasteiger partial charge in [0, 0.05) is 11.1 Å². The molecule has 2 aromatic rings. The van der Waals surface area contributed by atoms with E-state index in [0.717, 1.165) is 27.8 Å². The minimum atomic E-state index is -0.282. The molecule has 0 atom stereocenters. The van der Waals surface area contributed by atoms with Crippen molar-refractivity contribution in [3.05, 3.63) is 69.0 Å². The van der Waals surface area contributed by atoms with E-state index in [-0.39, 0.29) is 11.6 Å². The molecular formula is C18H19FO. The molecule has 0 aliphatic heterocycles. The number of carbonyl (C=O) groups excluding carboxylic acids is 1. The summed E-state index contributed by atoms with van der Waals surface area (Å²) in [5.41, 5.74) is 6.00. The smallest absolute Gasteiger partial charge is 0.193 e. The van der Waals surface area contributed by atoms with Gasteiger partial charge in [-0.05, 0) is 80.6 Å². The van der Waals surface area contributed by atoms with Crippen molar-refractivity contribution in [2.75, 3.05) is 0 Å². The maximum Gasteiger partial charge on any atom is 0.193 e. The van der Waals surface area contributed by atoms with Gasteiger partial charge in [-0.3, -0.25) is 4.79 Å². The standard InChI is InChI=1S/C18H19FO/c1-10-8-11(2)14(5)17(13(10)4)18(20)15-6-7-16(19)12(3)9-15/h6-9H,1-5H3. The molecule has 1 nitrogen and oxygen atoms in total. The number of aryl methyl sites for hydroxylation is 3. The van der Waals surface area contributed by atoms with Crippen LogP contribution in [0.4, 0.5) is 4.39 Å². The van der Waals surface area contributed by atoms with Gasteiger partial charge in [0.25, 0.3) is 0 Å². The highest BCUT2D eigenvalue weighted by Gasteiger charge is 2.18. The normalized spacial score (nSPS) is 10.7. The van der Waals surface area contributed by atoms with Crippen LogP contribution in [0.5, 0.6) is 0 Å². The summed E-state index contributed by atoms with van der Waals surface area (Å²) in [6.07, 6.45) is 0. The van der Waals surface area contributed by atoms with Gasteiger partial charge in [0.15, 0.2) is 5.78 Å². The van der Waals surface area contributed by atoms with Crippen LogP contribution in [0, 0.1) is 40.4 Å². The maximum atomic E-state index is 13.3. The minimum Gasteiger partial charge on any atom is -0.289 e. The minimum absolute atomic E-state index is 0.0325. The highest BCUT2D eigenvalue weighted by molar-refractivity contribution is 6.11. The van der Waals surface area contributed by atoms with E-state index in [4.69, 9.17) is 0 Å². The second-order valence-corrected chi connectivity index (χ2v) is 5.43. The average Bonchev–Trinajstić information content (AvgIpc) is 2.40. The lowest BCUT2D eigenvalue weighted by atomic mass is 9.89. The van der Waals surface area contributed by atoms with Crippen molar-refractivity contribution < 1.29 is 9.18 Å². The number of benzene rings is 2. The van der Waals surface area contributed by atoms with E-state index in [9.17, 15) is 9.18 Å². The summed E-state index contributed by atoms with van der Waals surface area (Å²) in [6.45, 7) is 9.62. The van der Waals surface area contributed by atoms with Crippen LogP contribution in [-0.2, 0) is 0 Å². The van der Waals surface area contributed by atoms with Gasteiger partial charge in [0.05, 0.1) is 0 Å². The van der Waals surface area contributed by atoms with E-state index in [1.165, 1.54) is 6.07 Å². The molecule has 0 amide bonds. The van der Waals surface area contributed by atoms with E-state index >= 15 is 0 Å². The van der Waals surface area contributed by atoms with E-state index in [1.54, 1.807) is 19.1 Å². The summed E-state index contributed by atoms with van der Waals surface area (Å²) < 4.78 is 13.3. The van der Waals surface area contributed by atoms with Crippen molar-refractivity contribution in [2.45, 2.75) is 34.6 Å². The molecule has 0 radical (unpaired) electrons.